The van der Waals surface area contributed by atoms with Gasteiger partial charge in [0, 0.05) is 25.0 Å². The van der Waals surface area contributed by atoms with Crippen molar-refractivity contribution >= 4 is 11.7 Å². The Morgan fingerprint density at radius 2 is 1.82 bits per heavy atom. The van der Waals surface area contributed by atoms with Crippen LogP contribution in [-0.2, 0) is 11.0 Å². The average molecular weight is 310 g/mol. The summed E-state index contributed by atoms with van der Waals surface area (Å²) in [6.07, 6.45) is 0.601. The van der Waals surface area contributed by atoms with Crippen molar-refractivity contribution in [1.82, 2.24) is 0 Å². The first-order chi connectivity index (χ1) is 10.3. The van der Waals surface area contributed by atoms with Gasteiger partial charge < -0.3 is 10.2 Å². The quantitative estimate of drug-likeness (QED) is 0.384. The lowest BCUT2D eigenvalue weighted by atomic mass is 10.1. The van der Waals surface area contributed by atoms with E-state index < -0.39 is 29.0 Å². The maximum absolute atomic E-state index is 12.4. The van der Waals surface area contributed by atoms with Gasteiger partial charge in [0.15, 0.2) is 0 Å². The van der Waals surface area contributed by atoms with E-state index in [0.717, 1.165) is 24.3 Å². The first-order valence-corrected chi connectivity index (χ1v) is 5.98. The van der Waals surface area contributed by atoms with Crippen LogP contribution in [-0.4, -0.2) is 16.2 Å². The lowest BCUT2D eigenvalue weighted by molar-refractivity contribution is -0.137. The third-order valence-electron chi connectivity index (χ3n) is 2.50. The Hall–Kier alpha value is -2.93. The summed E-state index contributed by atoms with van der Waals surface area (Å²) in [5.74, 6) is 0.268. The van der Waals surface area contributed by atoms with Crippen molar-refractivity contribution < 1.29 is 28.2 Å². The fraction of sp³-hybridized carbons (Fsp3) is 0.200. The summed E-state index contributed by atoms with van der Waals surface area (Å²) in [6.45, 7) is 0. The molecule has 0 aliphatic rings. The zero-order valence-corrected chi connectivity index (χ0v) is 11.2. The largest absolute Gasteiger partial charge is 0.510 e. The summed E-state index contributed by atoms with van der Waals surface area (Å²) in [5.41, 5.74) is -1.37. The van der Waals surface area contributed by atoms with Crippen molar-refractivity contribution in [2.45, 2.75) is 19.0 Å². The molecule has 1 aromatic carbocycles. The molecular formula is C15H11F3NO3+. The minimum Gasteiger partial charge on any atom is -0.510 e. The van der Waals surface area contributed by atoms with Crippen LogP contribution in [0.25, 0.3) is 4.85 Å². The highest BCUT2D eigenvalue weighted by Crippen LogP contribution is 2.30. The maximum atomic E-state index is 12.4. The summed E-state index contributed by atoms with van der Waals surface area (Å²) in [6, 6.07) is 5.85. The molecule has 1 aromatic rings. The van der Waals surface area contributed by atoms with Crippen LogP contribution in [0.3, 0.4) is 0 Å². The number of allylic oxidation sites excluding steroid dienone is 1. The number of aliphatic carboxylic acids is 1. The number of nitrogens with zero attached hydrogens (tertiary/aromatic N) is 1. The van der Waals surface area contributed by atoms with E-state index in [1.54, 1.807) is 0 Å². The van der Waals surface area contributed by atoms with Gasteiger partial charge in [-0.25, -0.2) is 4.79 Å². The van der Waals surface area contributed by atoms with Crippen LogP contribution in [0.15, 0.2) is 35.6 Å². The third-order valence-corrected chi connectivity index (χ3v) is 2.50. The number of carboxylic acids is 1. The molecule has 0 spiro atoms. The number of carbonyl (C=O) groups is 1. The van der Waals surface area contributed by atoms with Crippen molar-refractivity contribution in [1.29, 1.82) is 0 Å². The van der Waals surface area contributed by atoms with E-state index in [0.29, 0.717) is 0 Å². The summed E-state index contributed by atoms with van der Waals surface area (Å²) >= 11 is 0. The predicted molar refractivity (Wildman–Crippen MR) is 73.7 cm³/mol. The number of hydrogen-bond acceptors (Lipinski definition) is 2. The van der Waals surface area contributed by atoms with E-state index in [1.807, 2.05) is 0 Å². The van der Waals surface area contributed by atoms with Gasteiger partial charge in [-0.3, -0.25) is 0 Å². The molecule has 0 unspecified atom stereocenters. The van der Waals surface area contributed by atoms with Crippen molar-refractivity contribution in [3.63, 3.8) is 0 Å². The molecule has 0 aliphatic carbocycles. The van der Waals surface area contributed by atoms with Gasteiger partial charge in [-0.1, -0.05) is 0 Å². The van der Waals surface area contributed by atoms with Crippen LogP contribution in [0.5, 0.6) is 0 Å². The smallest absolute Gasteiger partial charge is 0.416 e. The molecule has 0 saturated heterocycles. The first-order valence-electron chi connectivity index (χ1n) is 5.98. The van der Waals surface area contributed by atoms with Crippen LogP contribution in [0.2, 0.25) is 0 Å². The van der Waals surface area contributed by atoms with E-state index >= 15 is 0 Å². The lowest BCUT2D eigenvalue weighted by Crippen LogP contribution is -2.03. The van der Waals surface area contributed by atoms with Gasteiger partial charge in [0.25, 0.3) is 0 Å². The fourth-order valence-corrected chi connectivity index (χ4v) is 1.40. The standard InChI is InChI=1S/C15H10F3NO3/c1-2-3-4-13(20)12(14(21)22)9-19-11-7-5-10(6-8-11)15(16,17)18/h1,5-8H,3-4H2,(H,21,22)/p+1. The van der Waals surface area contributed by atoms with Gasteiger partial charge in [0.1, 0.15) is 5.76 Å². The van der Waals surface area contributed by atoms with E-state index in [-0.39, 0.29) is 18.5 Å². The van der Waals surface area contributed by atoms with Gasteiger partial charge in [0.2, 0.25) is 5.57 Å². The number of hydrogen-bond donors (Lipinski definition) is 2. The third kappa shape index (κ3) is 4.88. The molecule has 4 nitrogen and oxygen atoms in total. The Labute approximate surface area is 124 Å². The minimum atomic E-state index is -4.47. The van der Waals surface area contributed by atoms with E-state index in [2.05, 4.69) is 16.8 Å². The monoisotopic (exact) mass is 310 g/mol. The Balaban J connectivity index is 3.05. The van der Waals surface area contributed by atoms with Gasteiger partial charge in [-0.05, 0) is 17.0 Å². The zero-order chi connectivity index (χ0) is 16.8. The normalized spacial score (nSPS) is 11.7. The second-order valence-electron chi connectivity index (χ2n) is 4.10. The number of aliphatic hydroxyl groups excluding tert-OH is 1. The lowest BCUT2D eigenvalue weighted by Gasteiger charge is -2.03. The number of benzene rings is 1. The SMILES string of the molecule is C#CCCC(O)=C(C#[N+]c1ccc(C(F)(F)F)cc1)C(=O)O. The Morgan fingerprint density at radius 1 is 1.23 bits per heavy atom. The topological polar surface area (TPSA) is 61.9 Å². The van der Waals surface area contributed by atoms with Crippen molar-refractivity contribution in [2.24, 2.45) is 0 Å². The Kier molecular flexibility index (Phi) is 5.59. The number of aliphatic hydroxyl groups is 1. The van der Waals surface area contributed by atoms with Crippen LogP contribution >= 0.6 is 0 Å². The second kappa shape index (κ2) is 7.19. The Bertz CT molecular complexity index is 686. The maximum Gasteiger partial charge on any atom is 0.416 e. The number of terminal acetylenes is 1. The number of carboxylic acid groups (broad SMARTS) is 1. The van der Waals surface area contributed by atoms with Crippen molar-refractivity contribution in [3.8, 4) is 18.4 Å². The molecule has 0 amide bonds. The van der Waals surface area contributed by atoms with Crippen LogP contribution in [0.4, 0.5) is 18.9 Å². The van der Waals surface area contributed by atoms with Gasteiger partial charge in [0.05, 0.1) is 5.56 Å². The van der Waals surface area contributed by atoms with E-state index in [1.165, 1.54) is 0 Å². The highest BCUT2D eigenvalue weighted by atomic mass is 19.4. The van der Waals surface area contributed by atoms with Crippen LogP contribution < -0.4 is 0 Å². The summed E-state index contributed by atoms with van der Waals surface area (Å²) in [5, 5.41) is 18.5. The number of halogens is 3. The molecule has 7 heteroatoms. The molecule has 0 bridgehead atoms. The molecule has 114 valence electrons. The van der Waals surface area contributed by atoms with Gasteiger partial charge in [-0.15, -0.1) is 12.3 Å². The molecule has 2 N–H and O–H groups in total. The molecule has 0 aromatic heterocycles. The number of rotatable bonds is 3. The van der Waals surface area contributed by atoms with Crippen LogP contribution in [0.1, 0.15) is 18.4 Å². The molecule has 0 aliphatic heterocycles. The minimum absolute atomic E-state index is 0.0618. The number of alkyl halides is 3. The fourth-order valence-electron chi connectivity index (χ4n) is 1.40. The van der Waals surface area contributed by atoms with Crippen LogP contribution in [0, 0.1) is 18.4 Å². The molecule has 0 atom stereocenters. The molecule has 22 heavy (non-hydrogen) atoms. The first kappa shape index (κ1) is 17.1. The predicted octanol–water partition coefficient (Wildman–Crippen LogP) is 3.98. The highest BCUT2D eigenvalue weighted by molar-refractivity contribution is 5.92. The molecule has 1 rings (SSSR count). The Morgan fingerprint density at radius 3 is 2.27 bits per heavy atom. The average Bonchev–Trinajstić information content (AvgIpc) is 2.44. The molecule has 0 radical (unpaired) electrons. The van der Waals surface area contributed by atoms with Crippen molar-refractivity contribution in [3.05, 3.63) is 46.0 Å². The van der Waals surface area contributed by atoms with E-state index in [9.17, 15) is 23.1 Å². The molecule has 0 heterocycles. The highest BCUT2D eigenvalue weighted by Gasteiger charge is 2.30. The molecule has 0 saturated carbocycles. The second-order valence-corrected chi connectivity index (χ2v) is 4.10. The van der Waals surface area contributed by atoms with Gasteiger partial charge >= 0.3 is 23.9 Å². The molecular weight excluding hydrogens is 299 g/mol. The van der Waals surface area contributed by atoms with Gasteiger partial charge in [-0.2, -0.15) is 13.2 Å². The summed E-state index contributed by atoms with van der Waals surface area (Å²) in [7, 11) is 0. The summed E-state index contributed by atoms with van der Waals surface area (Å²) < 4.78 is 37.1. The zero-order valence-electron chi connectivity index (χ0n) is 11.2. The van der Waals surface area contributed by atoms with Crippen molar-refractivity contribution in [2.75, 3.05) is 0 Å². The summed E-state index contributed by atoms with van der Waals surface area (Å²) in [4.78, 5) is 14.6. The molecule has 0 fully saturated rings. The van der Waals surface area contributed by atoms with E-state index in [4.69, 9.17) is 11.5 Å².